The minimum Gasteiger partial charge on any atom is -0.385 e. The number of halogens is 3. The largest absolute Gasteiger partial charge is 0.385 e. The molecular weight excluding hydrogens is 325 g/mol. The van der Waals surface area contributed by atoms with Crippen LogP contribution in [0.4, 0.5) is 24.7 Å². The molecule has 1 heterocycles. The molecule has 0 unspecified atom stereocenters. The quantitative estimate of drug-likeness (QED) is 0.598. The number of aromatic nitrogens is 2. The van der Waals surface area contributed by atoms with E-state index in [-0.39, 0.29) is 5.69 Å². The van der Waals surface area contributed by atoms with Crippen LogP contribution >= 0.6 is 0 Å². The van der Waals surface area contributed by atoms with Crippen molar-refractivity contribution in [3.05, 3.63) is 47.7 Å². The van der Waals surface area contributed by atoms with E-state index in [1.807, 2.05) is 0 Å². The standard InChI is InChI=1S/C15H15F3N4O2/c1-24-6-2-5-19-12-7-11(20-8-21-12)15(23)22-10-4-3-9(16)13(17)14(10)18/h3-4,7-8H,2,5-6H2,1H3,(H,22,23)(H,19,20,21). The Morgan fingerprint density at radius 1 is 1.21 bits per heavy atom. The summed E-state index contributed by atoms with van der Waals surface area (Å²) in [5, 5.41) is 5.11. The number of carbonyl (C=O) groups is 1. The van der Waals surface area contributed by atoms with Crippen LogP contribution in [0.25, 0.3) is 0 Å². The smallest absolute Gasteiger partial charge is 0.274 e. The number of nitrogens with one attached hydrogen (secondary N) is 2. The minimum absolute atomic E-state index is 0.0524. The molecular formula is C15H15F3N4O2. The van der Waals surface area contributed by atoms with Crippen LogP contribution in [0.3, 0.4) is 0 Å². The fraction of sp³-hybridized carbons (Fsp3) is 0.267. The van der Waals surface area contributed by atoms with Gasteiger partial charge in [0.05, 0.1) is 5.69 Å². The summed E-state index contributed by atoms with van der Waals surface area (Å²) in [7, 11) is 1.59. The third kappa shape index (κ3) is 4.42. The summed E-state index contributed by atoms with van der Waals surface area (Å²) < 4.78 is 44.5. The van der Waals surface area contributed by atoms with Crippen molar-refractivity contribution >= 4 is 17.4 Å². The van der Waals surface area contributed by atoms with Gasteiger partial charge in [-0.25, -0.2) is 23.1 Å². The number of nitrogens with zero attached hydrogens (tertiary/aromatic N) is 2. The monoisotopic (exact) mass is 340 g/mol. The van der Waals surface area contributed by atoms with Crippen LogP contribution in [-0.4, -0.2) is 36.1 Å². The lowest BCUT2D eigenvalue weighted by atomic mass is 10.2. The average Bonchev–Trinajstić information content (AvgIpc) is 2.59. The molecule has 2 rings (SSSR count). The number of benzene rings is 1. The first kappa shape index (κ1) is 17.7. The van der Waals surface area contributed by atoms with Crippen molar-refractivity contribution in [2.75, 3.05) is 30.9 Å². The van der Waals surface area contributed by atoms with Gasteiger partial charge >= 0.3 is 0 Å². The lowest BCUT2D eigenvalue weighted by Gasteiger charge is -2.08. The van der Waals surface area contributed by atoms with E-state index in [0.717, 1.165) is 24.9 Å². The number of ether oxygens (including phenoxy) is 1. The van der Waals surface area contributed by atoms with Crippen LogP contribution in [0.5, 0.6) is 0 Å². The summed E-state index contributed by atoms with van der Waals surface area (Å²) in [4.78, 5) is 19.8. The highest BCUT2D eigenvalue weighted by molar-refractivity contribution is 6.03. The Labute approximate surface area is 136 Å². The summed E-state index contributed by atoms with van der Waals surface area (Å²) in [5.74, 6) is -4.85. The van der Waals surface area contributed by atoms with Crippen LogP contribution in [0.2, 0.25) is 0 Å². The molecule has 0 aliphatic carbocycles. The van der Waals surface area contributed by atoms with Gasteiger partial charge in [-0.15, -0.1) is 0 Å². The van der Waals surface area contributed by atoms with Crippen molar-refractivity contribution < 1.29 is 22.7 Å². The molecule has 0 aliphatic heterocycles. The lowest BCUT2D eigenvalue weighted by molar-refractivity contribution is 0.102. The molecule has 2 N–H and O–H groups in total. The molecule has 0 bridgehead atoms. The lowest BCUT2D eigenvalue weighted by Crippen LogP contribution is -2.16. The zero-order valence-electron chi connectivity index (χ0n) is 12.8. The Morgan fingerprint density at radius 3 is 2.75 bits per heavy atom. The molecule has 0 saturated heterocycles. The highest BCUT2D eigenvalue weighted by Crippen LogP contribution is 2.20. The summed E-state index contributed by atoms with van der Waals surface area (Å²) in [6.07, 6.45) is 1.90. The van der Waals surface area contributed by atoms with Gasteiger partial charge in [-0.1, -0.05) is 0 Å². The summed E-state index contributed by atoms with van der Waals surface area (Å²) in [6.45, 7) is 1.14. The molecule has 6 nitrogen and oxygen atoms in total. The Bertz CT molecular complexity index is 728. The SMILES string of the molecule is COCCCNc1cc(C(=O)Nc2ccc(F)c(F)c2F)ncn1. The van der Waals surface area contributed by atoms with Crippen molar-refractivity contribution in [2.45, 2.75) is 6.42 Å². The molecule has 2 aromatic rings. The van der Waals surface area contributed by atoms with Crippen LogP contribution in [0.1, 0.15) is 16.9 Å². The zero-order valence-corrected chi connectivity index (χ0v) is 12.8. The van der Waals surface area contributed by atoms with Crippen molar-refractivity contribution in [2.24, 2.45) is 0 Å². The van der Waals surface area contributed by atoms with Crippen LogP contribution in [0.15, 0.2) is 24.5 Å². The number of carbonyl (C=O) groups excluding carboxylic acids is 1. The van der Waals surface area contributed by atoms with E-state index >= 15 is 0 Å². The number of hydrogen-bond donors (Lipinski definition) is 2. The highest BCUT2D eigenvalue weighted by Gasteiger charge is 2.17. The molecule has 9 heteroatoms. The van der Waals surface area contributed by atoms with Gasteiger partial charge in [-0.2, -0.15) is 0 Å². The molecule has 0 radical (unpaired) electrons. The van der Waals surface area contributed by atoms with Crippen molar-refractivity contribution in [1.29, 1.82) is 0 Å². The van der Waals surface area contributed by atoms with Gasteiger partial charge in [0.25, 0.3) is 5.91 Å². The fourth-order valence-electron chi connectivity index (χ4n) is 1.82. The molecule has 0 atom stereocenters. The second-order valence-electron chi connectivity index (χ2n) is 4.74. The second kappa shape index (κ2) is 8.25. The summed E-state index contributed by atoms with van der Waals surface area (Å²) in [6, 6.07) is 3.01. The predicted molar refractivity (Wildman–Crippen MR) is 81.3 cm³/mol. The van der Waals surface area contributed by atoms with E-state index < -0.39 is 29.0 Å². The first-order chi connectivity index (χ1) is 11.5. The number of methoxy groups -OCH3 is 1. The topological polar surface area (TPSA) is 76.1 Å². The fourth-order valence-corrected chi connectivity index (χ4v) is 1.82. The Hall–Kier alpha value is -2.68. The van der Waals surface area contributed by atoms with Gasteiger partial charge in [-0.3, -0.25) is 4.79 Å². The van der Waals surface area contributed by atoms with E-state index in [0.29, 0.717) is 19.0 Å². The molecule has 128 valence electrons. The first-order valence-electron chi connectivity index (χ1n) is 7.02. The van der Waals surface area contributed by atoms with Crippen LogP contribution in [0, 0.1) is 17.5 Å². The van der Waals surface area contributed by atoms with Crippen molar-refractivity contribution in [3.63, 3.8) is 0 Å². The van der Waals surface area contributed by atoms with Crippen molar-refractivity contribution in [1.82, 2.24) is 9.97 Å². The predicted octanol–water partition coefficient (Wildman–Crippen LogP) is 2.59. The zero-order chi connectivity index (χ0) is 17.5. The first-order valence-corrected chi connectivity index (χ1v) is 7.02. The van der Waals surface area contributed by atoms with Gasteiger partial charge in [0.2, 0.25) is 0 Å². The van der Waals surface area contributed by atoms with E-state index in [9.17, 15) is 18.0 Å². The number of hydrogen-bond acceptors (Lipinski definition) is 5. The van der Waals surface area contributed by atoms with E-state index in [1.165, 1.54) is 6.07 Å². The van der Waals surface area contributed by atoms with Gasteiger partial charge < -0.3 is 15.4 Å². The summed E-state index contributed by atoms with van der Waals surface area (Å²) in [5.41, 5.74) is -0.532. The molecule has 0 saturated carbocycles. The minimum atomic E-state index is -1.66. The number of amides is 1. The Morgan fingerprint density at radius 2 is 2.00 bits per heavy atom. The van der Waals surface area contributed by atoms with E-state index in [4.69, 9.17) is 4.74 Å². The maximum Gasteiger partial charge on any atom is 0.274 e. The Kier molecular flexibility index (Phi) is 6.07. The van der Waals surface area contributed by atoms with Crippen LogP contribution in [-0.2, 0) is 4.74 Å². The maximum absolute atomic E-state index is 13.6. The van der Waals surface area contributed by atoms with Gasteiger partial charge in [0.1, 0.15) is 17.8 Å². The number of anilines is 2. The van der Waals surface area contributed by atoms with Crippen LogP contribution < -0.4 is 10.6 Å². The molecule has 1 aromatic carbocycles. The van der Waals surface area contributed by atoms with E-state index in [1.54, 1.807) is 7.11 Å². The summed E-state index contributed by atoms with van der Waals surface area (Å²) >= 11 is 0. The Balaban J connectivity index is 2.06. The maximum atomic E-state index is 13.6. The van der Waals surface area contributed by atoms with Gasteiger partial charge in [0.15, 0.2) is 17.5 Å². The number of rotatable bonds is 7. The third-order valence-electron chi connectivity index (χ3n) is 3.01. The normalized spacial score (nSPS) is 10.5. The van der Waals surface area contributed by atoms with E-state index in [2.05, 4.69) is 20.6 Å². The van der Waals surface area contributed by atoms with Gasteiger partial charge in [0, 0.05) is 26.3 Å². The molecule has 1 amide bonds. The molecule has 0 fully saturated rings. The average molecular weight is 340 g/mol. The molecule has 0 spiro atoms. The van der Waals surface area contributed by atoms with Crippen molar-refractivity contribution in [3.8, 4) is 0 Å². The molecule has 24 heavy (non-hydrogen) atoms. The van der Waals surface area contributed by atoms with Gasteiger partial charge in [-0.05, 0) is 18.6 Å². The third-order valence-corrected chi connectivity index (χ3v) is 3.01. The second-order valence-corrected chi connectivity index (χ2v) is 4.74. The molecule has 1 aromatic heterocycles. The highest BCUT2D eigenvalue weighted by atomic mass is 19.2. The molecule has 0 aliphatic rings.